The van der Waals surface area contributed by atoms with E-state index < -0.39 is 10.1 Å². The summed E-state index contributed by atoms with van der Waals surface area (Å²) in [6.45, 7) is 0.205. The standard InChI is InChI=1S/C7H15ClO5S.Sn/c1-11-6-12-7(5-8)3-4-13-14(2,9)10;/h7H,3-6H2,1-2H3;/t7-;/m0./s1. The summed E-state index contributed by atoms with van der Waals surface area (Å²) in [4.78, 5) is 0. The van der Waals surface area contributed by atoms with E-state index in [1.165, 1.54) is 7.11 Å². The van der Waals surface area contributed by atoms with Gasteiger partial charge in [0.25, 0.3) is 10.1 Å². The van der Waals surface area contributed by atoms with E-state index in [2.05, 4.69) is 8.92 Å². The Hall–Kier alpha value is 0.919. The molecule has 0 aliphatic rings. The molecule has 0 aromatic heterocycles. The quantitative estimate of drug-likeness (QED) is 0.266. The van der Waals surface area contributed by atoms with E-state index in [1.54, 1.807) is 0 Å². The number of methoxy groups -OCH3 is 1. The fraction of sp³-hybridized carbons (Fsp3) is 1.00. The molecule has 0 unspecified atom stereocenters. The predicted octanol–water partition coefficient (Wildman–Crippen LogP) is 0.200. The maximum Gasteiger partial charge on any atom is 0.264 e. The topological polar surface area (TPSA) is 61.8 Å². The van der Waals surface area contributed by atoms with E-state index >= 15 is 0 Å². The van der Waals surface area contributed by atoms with Gasteiger partial charge in [-0.15, -0.1) is 11.6 Å². The van der Waals surface area contributed by atoms with Crippen LogP contribution in [0.25, 0.3) is 0 Å². The monoisotopic (exact) mass is 366 g/mol. The van der Waals surface area contributed by atoms with Gasteiger partial charge in [-0.3, -0.25) is 4.18 Å². The maximum absolute atomic E-state index is 10.6. The molecule has 0 bridgehead atoms. The fourth-order valence-electron chi connectivity index (χ4n) is 0.700. The van der Waals surface area contributed by atoms with Crippen LogP contribution in [0.2, 0.25) is 0 Å². The Bertz CT molecular complexity index is 234. The van der Waals surface area contributed by atoms with Gasteiger partial charge < -0.3 is 9.47 Å². The first kappa shape index (κ1) is 18.3. The molecule has 0 amide bonds. The minimum Gasteiger partial charge on any atom is -0.359 e. The zero-order valence-electron chi connectivity index (χ0n) is 8.73. The van der Waals surface area contributed by atoms with Crippen molar-refractivity contribution in [1.82, 2.24) is 0 Å². The number of halogens is 1. The molecule has 0 heterocycles. The number of hydrogen-bond acceptors (Lipinski definition) is 5. The minimum absolute atomic E-state index is 0. The van der Waals surface area contributed by atoms with Crippen LogP contribution in [0.1, 0.15) is 6.42 Å². The summed E-state index contributed by atoms with van der Waals surface area (Å²) in [6, 6.07) is 0. The van der Waals surface area contributed by atoms with Crippen molar-refractivity contribution >= 4 is 45.6 Å². The van der Waals surface area contributed by atoms with Gasteiger partial charge in [-0.05, 0) is 6.42 Å². The van der Waals surface area contributed by atoms with Crippen molar-refractivity contribution in [2.45, 2.75) is 12.5 Å². The van der Waals surface area contributed by atoms with Crippen LogP contribution in [-0.4, -0.2) is 71.1 Å². The van der Waals surface area contributed by atoms with Crippen molar-refractivity contribution in [2.75, 3.05) is 32.6 Å². The molecular formula is C7H15ClO5SSn. The minimum atomic E-state index is -3.38. The van der Waals surface area contributed by atoms with Crippen LogP contribution in [0.3, 0.4) is 0 Å². The number of alkyl halides is 1. The van der Waals surface area contributed by atoms with E-state index in [9.17, 15) is 8.42 Å². The van der Waals surface area contributed by atoms with Crippen molar-refractivity contribution in [3.05, 3.63) is 0 Å². The third-order valence-electron chi connectivity index (χ3n) is 1.33. The molecule has 0 aromatic rings. The second-order valence-electron chi connectivity index (χ2n) is 2.66. The van der Waals surface area contributed by atoms with Gasteiger partial charge in [-0.2, -0.15) is 8.42 Å². The molecule has 0 aliphatic carbocycles. The molecule has 4 radical (unpaired) electrons. The van der Waals surface area contributed by atoms with Crippen molar-refractivity contribution in [3.63, 3.8) is 0 Å². The molecule has 15 heavy (non-hydrogen) atoms. The van der Waals surface area contributed by atoms with Gasteiger partial charge in [0.1, 0.15) is 6.79 Å². The molecule has 90 valence electrons. The molecule has 0 saturated heterocycles. The average Bonchev–Trinajstić information content (AvgIpc) is 2.09. The molecule has 0 fully saturated rings. The van der Waals surface area contributed by atoms with Gasteiger partial charge in [-0.25, -0.2) is 0 Å². The van der Waals surface area contributed by atoms with Gasteiger partial charge in [-0.1, -0.05) is 0 Å². The van der Waals surface area contributed by atoms with E-state index in [0.717, 1.165) is 6.26 Å². The molecule has 0 spiro atoms. The van der Waals surface area contributed by atoms with Crippen molar-refractivity contribution in [3.8, 4) is 0 Å². The largest absolute Gasteiger partial charge is 0.359 e. The zero-order valence-corrected chi connectivity index (χ0v) is 13.2. The van der Waals surface area contributed by atoms with Gasteiger partial charge in [0.15, 0.2) is 0 Å². The Balaban J connectivity index is 0. The first-order valence-corrected chi connectivity index (χ1v) is 6.35. The Morgan fingerprint density at radius 3 is 2.40 bits per heavy atom. The summed E-state index contributed by atoms with van der Waals surface area (Å²) in [7, 11) is -1.88. The number of ether oxygens (including phenoxy) is 2. The average molecular weight is 365 g/mol. The summed E-state index contributed by atoms with van der Waals surface area (Å²) in [5.74, 6) is 0.274. The second-order valence-corrected chi connectivity index (χ2v) is 4.62. The van der Waals surface area contributed by atoms with Crippen LogP contribution < -0.4 is 0 Å². The molecule has 0 aromatic carbocycles. The van der Waals surface area contributed by atoms with Crippen molar-refractivity contribution in [1.29, 1.82) is 0 Å². The van der Waals surface area contributed by atoms with E-state index in [0.29, 0.717) is 6.42 Å². The maximum atomic E-state index is 10.6. The van der Waals surface area contributed by atoms with E-state index in [4.69, 9.17) is 16.3 Å². The third kappa shape index (κ3) is 12.9. The SMILES string of the molecule is COCO[C@H](CCl)CCOS(C)(=O)=O.[Sn]. The van der Waals surface area contributed by atoms with Crippen LogP contribution in [-0.2, 0) is 23.8 Å². The van der Waals surface area contributed by atoms with Crippen LogP contribution in [0, 0.1) is 0 Å². The molecule has 0 aliphatic heterocycles. The van der Waals surface area contributed by atoms with Crippen LogP contribution >= 0.6 is 11.6 Å². The predicted molar refractivity (Wildman–Crippen MR) is 58.6 cm³/mol. The Labute approximate surface area is 112 Å². The molecule has 8 heteroatoms. The molecule has 0 saturated carbocycles. The Kier molecular flexibility index (Phi) is 12.3. The van der Waals surface area contributed by atoms with Gasteiger partial charge in [0, 0.05) is 36.9 Å². The van der Waals surface area contributed by atoms with Gasteiger partial charge >= 0.3 is 0 Å². The van der Waals surface area contributed by atoms with E-state index in [1.807, 2.05) is 0 Å². The van der Waals surface area contributed by atoms with Gasteiger partial charge in [0.05, 0.1) is 19.0 Å². The molecule has 0 N–H and O–H groups in total. The summed E-state index contributed by atoms with van der Waals surface area (Å²) in [5.41, 5.74) is 0. The smallest absolute Gasteiger partial charge is 0.264 e. The summed E-state index contributed by atoms with van der Waals surface area (Å²) >= 11 is 5.57. The van der Waals surface area contributed by atoms with Crippen LogP contribution in [0.5, 0.6) is 0 Å². The van der Waals surface area contributed by atoms with Crippen LogP contribution in [0.15, 0.2) is 0 Å². The van der Waals surface area contributed by atoms with E-state index in [-0.39, 0.29) is 49.3 Å². The summed E-state index contributed by atoms with van der Waals surface area (Å²) < 4.78 is 35.5. The molecular weight excluding hydrogens is 350 g/mol. The number of rotatable bonds is 8. The fourth-order valence-corrected chi connectivity index (χ4v) is 1.34. The van der Waals surface area contributed by atoms with Gasteiger partial charge in [0.2, 0.25) is 0 Å². The number of hydrogen-bond donors (Lipinski definition) is 0. The Morgan fingerprint density at radius 1 is 1.40 bits per heavy atom. The zero-order chi connectivity index (χ0) is 11.0. The summed E-state index contributed by atoms with van der Waals surface area (Å²) in [5, 5.41) is 0. The molecule has 0 rings (SSSR count). The molecule has 1 atom stereocenters. The van der Waals surface area contributed by atoms with Crippen molar-refractivity contribution < 1.29 is 22.1 Å². The van der Waals surface area contributed by atoms with Crippen LogP contribution in [0.4, 0.5) is 0 Å². The third-order valence-corrected chi connectivity index (χ3v) is 2.27. The normalized spacial score (nSPS) is 13.3. The molecule has 5 nitrogen and oxygen atoms in total. The second kappa shape index (κ2) is 10.1. The first-order chi connectivity index (χ1) is 6.49. The van der Waals surface area contributed by atoms with Crippen molar-refractivity contribution in [2.24, 2.45) is 0 Å². The Morgan fingerprint density at radius 2 is 2.00 bits per heavy atom. The summed E-state index contributed by atoms with van der Waals surface area (Å²) in [6.07, 6.45) is 1.16. The first-order valence-electron chi connectivity index (χ1n) is 4.00.